The van der Waals surface area contributed by atoms with Crippen LogP contribution >= 0.6 is 11.8 Å². The van der Waals surface area contributed by atoms with Gasteiger partial charge in [0.2, 0.25) is 0 Å². The zero-order valence-electron chi connectivity index (χ0n) is 12.6. The Morgan fingerprint density at radius 2 is 2.15 bits per heavy atom. The third-order valence-electron chi connectivity index (χ3n) is 3.58. The lowest BCUT2D eigenvalue weighted by Crippen LogP contribution is -2.45. The number of urea groups is 1. The first kappa shape index (κ1) is 17.1. The van der Waals surface area contributed by atoms with Gasteiger partial charge in [-0.05, 0) is 30.4 Å². The van der Waals surface area contributed by atoms with Crippen molar-refractivity contribution in [3.05, 3.63) is 0 Å². The number of thioether (sulfide) groups is 1. The summed E-state index contributed by atoms with van der Waals surface area (Å²) in [5, 5.41) is 11.8. The molecule has 0 bridgehead atoms. The van der Waals surface area contributed by atoms with Crippen molar-refractivity contribution in [1.29, 1.82) is 0 Å². The summed E-state index contributed by atoms with van der Waals surface area (Å²) in [4.78, 5) is 24.7. The number of aliphatic carboxylic acids is 1. The summed E-state index contributed by atoms with van der Waals surface area (Å²) >= 11 is 1.87. The molecule has 2 amide bonds. The Hall–Kier alpha value is -0.910. The van der Waals surface area contributed by atoms with Gasteiger partial charge in [-0.1, -0.05) is 13.8 Å². The highest BCUT2D eigenvalue weighted by Gasteiger charge is 2.24. The van der Waals surface area contributed by atoms with E-state index in [4.69, 9.17) is 5.11 Å². The van der Waals surface area contributed by atoms with Crippen LogP contribution in [0.1, 0.15) is 33.1 Å². The molecule has 1 fully saturated rings. The maximum Gasteiger partial charge on any atom is 0.317 e. The van der Waals surface area contributed by atoms with Gasteiger partial charge in [-0.3, -0.25) is 4.79 Å². The van der Waals surface area contributed by atoms with Crippen molar-refractivity contribution in [2.24, 2.45) is 11.8 Å². The van der Waals surface area contributed by atoms with Crippen LogP contribution in [-0.4, -0.2) is 53.1 Å². The van der Waals surface area contributed by atoms with Crippen molar-refractivity contribution in [3.8, 4) is 0 Å². The number of carbonyl (C=O) groups excluding carboxylic acids is 1. The second-order valence-corrected chi connectivity index (χ2v) is 7.06. The fourth-order valence-electron chi connectivity index (χ4n) is 2.50. The van der Waals surface area contributed by atoms with E-state index in [2.05, 4.69) is 19.2 Å². The Bertz CT molecular complexity index is 330. The number of nitrogens with one attached hydrogen (secondary N) is 1. The molecule has 1 saturated heterocycles. The molecule has 0 aromatic heterocycles. The van der Waals surface area contributed by atoms with E-state index < -0.39 is 5.97 Å². The van der Waals surface area contributed by atoms with E-state index in [0.717, 1.165) is 24.3 Å². The molecule has 0 aromatic rings. The highest BCUT2D eigenvalue weighted by molar-refractivity contribution is 7.99. The van der Waals surface area contributed by atoms with Gasteiger partial charge in [-0.25, -0.2) is 4.79 Å². The Morgan fingerprint density at radius 1 is 1.45 bits per heavy atom. The molecule has 20 heavy (non-hydrogen) atoms. The molecule has 0 spiro atoms. The van der Waals surface area contributed by atoms with Crippen LogP contribution in [0, 0.1) is 11.8 Å². The molecule has 1 rings (SSSR count). The SMILES string of the molecule is CC(C)CC(CNC(=O)N(C)C1CCSC1)CC(=O)O. The number of nitrogens with zero attached hydrogens (tertiary/aromatic N) is 1. The molecule has 0 aliphatic carbocycles. The summed E-state index contributed by atoms with van der Waals surface area (Å²) in [5.41, 5.74) is 0. The molecule has 116 valence electrons. The van der Waals surface area contributed by atoms with Crippen LogP contribution in [0.25, 0.3) is 0 Å². The normalized spacial score (nSPS) is 19.9. The monoisotopic (exact) mass is 302 g/mol. The summed E-state index contributed by atoms with van der Waals surface area (Å²) in [5.74, 6) is 1.74. The van der Waals surface area contributed by atoms with Crippen LogP contribution in [0.4, 0.5) is 4.79 Å². The molecule has 0 aromatic carbocycles. The summed E-state index contributed by atoms with van der Waals surface area (Å²) in [7, 11) is 1.82. The summed E-state index contributed by atoms with van der Waals surface area (Å²) in [6.07, 6.45) is 1.97. The molecule has 5 nitrogen and oxygen atoms in total. The van der Waals surface area contributed by atoms with Crippen molar-refractivity contribution in [3.63, 3.8) is 0 Å². The van der Waals surface area contributed by atoms with Gasteiger partial charge in [0, 0.05) is 31.8 Å². The fraction of sp³-hybridized carbons (Fsp3) is 0.857. The predicted octanol–water partition coefficient (Wildman–Crippen LogP) is 2.27. The van der Waals surface area contributed by atoms with Crippen molar-refractivity contribution in [2.75, 3.05) is 25.1 Å². The lowest BCUT2D eigenvalue weighted by atomic mass is 9.94. The maximum atomic E-state index is 12.1. The molecule has 1 heterocycles. The lowest BCUT2D eigenvalue weighted by molar-refractivity contribution is -0.138. The maximum absolute atomic E-state index is 12.1. The number of carboxylic acids is 1. The number of carbonyl (C=O) groups is 2. The number of amides is 2. The second kappa shape index (κ2) is 8.39. The van der Waals surface area contributed by atoms with Crippen LogP contribution in [0.2, 0.25) is 0 Å². The third-order valence-corrected chi connectivity index (χ3v) is 4.73. The Morgan fingerprint density at radius 3 is 2.65 bits per heavy atom. The van der Waals surface area contributed by atoms with Crippen LogP contribution in [0.15, 0.2) is 0 Å². The van der Waals surface area contributed by atoms with Gasteiger partial charge >= 0.3 is 12.0 Å². The first-order valence-corrected chi connectivity index (χ1v) is 8.35. The molecule has 2 atom stereocenters. The van der Waals surface area contributed by atoms with E-state index in [9.17, 15) is 9.59 Å². The van der Waals surface area contributed by atoms with Gasteiger partial charge in [0.15, 0.2) is 0 Å². The molecule has 0 saturated carbocycles. The topological polar surface area (TPSA) is 69.6 Å². The molecule has 1 aliphatic heterocycles. The molecular formula is C14H26N2O3S. The van der Waals surface area contributed by atoms with Gasteiger partial charge < -0.3 is 15.3 Å². The minimum absolute atomic E-state index is 0.00260. The average Bonchev–Trinajstić information content (AvgIpc) is 2.87. The third kappa shape index (κ3) is 6.03. The Balaban J connectivity index is 2.40. The van der Waals surface area contributed by atoms with Crippen molar-refractivity contribution in [2.45, 2.75) is 39.2 Å². The second-order valence-electron chi connectivity index (χ2n) is 5.91. The first-order chi connectivity index (χ1) is 9.40. The number of hydrogen-bond donors (Lipinski definition) is 2. The molecule has 0 radical (unpaired) electrons. The molecule has 1 aliphatic rings. The van der Waals surface area contributed by atoms with E-state index in [1.807, 2.05) is 18.8 Å². The van der Waals surface area contributed by atoms with E-state index in [1.165, 1.54) is 0 Å². The van der Waals surface area contributed by atoms with Crippen molar-refractivity contribution in [1.82, 2.24) is 10.2 Å². The van der Waals surface area contributed by atoms with E-state index in [0.29, 0.717) is 18.5 Å². The molecule has 2 unspecified atom stereocenters. The zero-order chi connectivity index (χ0) is 15.1. The Labute approximate surface area is 125 Å². The summed E-state index contributed by atoms with van der Waals surface area (Å²) in [6.45, 7) is 4.57. The average molecular weight is 302 g/mol. The van der Waals surface area contributed by atoms with Crippen molar-refractivity contribution < 1.29 is 14.7 Å². The van der Waals surface area contributed by atoms with Gasteiger partial charge in [0.05, 0.1) is 0 Å². The number of hydrogen-bond acceptors (Lipinski definition) is 3. The van der Waals surface area contributed by atoms with E-state index in [-0.39, 0.29) is 18.4 Å². The predicted molar refractivity (Wildman–Crippen MR) is 82.1 cm³/mol. The van der Waals surface area contributed by atoms with Gasteiger partial charge in [0.1, 0.15) is 0 Å². The highest BCUT2D eigenvalue weighted by Crippen LogP contribution is 2.21. The lowest BCUT2D eigenvalue weighted by Gasteiger charge is -2.25. The quantitative estimate of drug-likeness (QED) is 0.757. The van der Waals surface area contributed by atoms with Crippen LogP contribution in [-0.2, 0) is 4.79 Å². The van der Waals surface area contributed by atoms with Crippen LogP contribution < -0.4 is 5.32 Å². The number of rotatable bonds is 7. The summed E-state index contributed by atoms with van der Waals surface area (Å²) in [6, 6.07) is 0.222. The largest absolute Gasteiger partial charge is 0.481 e. The molecule has 2 N–H and O–H groups in total. The standard InChI is InChI=1S/C14H26N2O3S/c1-10(2)6-11(7-13(17)18)8-15-14(19)16(3)12-4-5-20-9-12/h10-12H,4-9H2,1-3H3,(H,15,19)(H,17,18). The van der Waals surface area contributed by atoms with Crippen molar-refractivity contribution >= 4 is 23.8 Å². The molecular weight excluding hydrogens is 276 g/mol. The van der Waals surface area contributed by atoms with Crippen LogP contribution in [0.5, 0.6) is 0 Å². The van der Waals surface area contributed by atoms with E-state index in [1.54, 1.807) is 4.90 Å². The smallest absolute Gasteiger partial charge is 0.317 e. The first-order valence-electron chi connectivity index (χ1n) is 7.20. The number of carboxylic acid groups (broad SMARTS) is 1. The summed E-state index contributed by atoms with van der Waals surface area (Å²) < 4.78 is 0. The highest BCUT2D eigenvalue weighted by atomic mass is 32.2. The van der Waals surface area contributed by atoms with Gasteiger partial charge in [0.25, 0.3) is 0 Å². The minimum Gasteiger partial charge on any atom is -0.481 e. The minimum atomic E-state index is -0.801. The zero-order valence-corrected chi connectivity index (χ0v) is 13.4. The van der Waals surface area contributed by atoms with Gasteiger partial charge in [-0.2, -0.15) is 11.8 Å². The molecule has 6 heteroatoms. The van der Waals surface area contributed by atoms with E-state index >= 15 is 0 Å². The fourth-order valence-corrected chi connectivity index (χ4v) is 3.77. The van der Waals surface area contributed by atoms with Crippen LogP contribution in [0.3, 0.4) is 0 Å². The van der Waals surface area contributed by atoms with Gasteiger partial charge in [-0.15, -0.1) is 0 Å². The Kier molecular flexibility index (Phi) is 7.19.